The van der Waals surface area contributed by atoms with Crippen LogP contribution in [0.2, 0.25) is 0 Å². The van der Waals surface area contributed by atoms with Gasteiger partial charge in [0.1, 0.15) is 5.82 Å². The van der Waals surface area contributed by atoms with E-state index in [0.29, 0.717) is 24.4 Å². The number of nitrogens with two attached hydrogens (primary N) is 1. The van der Waals surface area contributed by atoms with E-state index < -0.39 is 0 Å². The molecule has 19 heavy (non-hydrogen) atoms. The Labute approximate surface area is 116 Å². The molecule has 6 heteroatoms. The Morgan fingerprint density at radius 2 is 2.21 bits per heavy atom. The van der Waals surface area contributed by atoms with Crippen LogP contribution in [0, 0.1) is 0 Å². The third-order valence-corrected chi connectivity index (χ3v) is 3.05. The number of nitrogens with one attached hydrogen (secondary N) is 1. The van der Waals surface area contributed by atoms with Gasteiger partial charge in [-0.3, -0.25) is 4.79 Å². The molecule has 0 spiro atoms. The second-order valence-electron chi connectivity index (χ2n) is 4.23. The summed E-state index contributed by atoms with van der Waals surface area (Å²) in [5.41, 5.74) is 7.49. The van der Waals surface area contributed by atoms with E-state index in [-0.39, 0.29) is 5.91 Å². The number of thiocarbonyl (C=S) groups is 1. The van der Waals surface area contributed by atoms with Crippen LogP contribution < -0.4 is 11.1 Å². The number of hydrogen-bond acceptors (Lipinski definition) is 3. The fourth-order valence-electron chi connectivity index (χ4n) is 2.00. The van der Waals surface area contributed by atoms with Crippen LogP contribution in [0.5, 0.6) is 0 Å². The van der Waals surface area contributed by atoms with E-state index in [2.05, 4.69) is 10.3 Å². The molecule has 0 aliphatic rings. The first kappa shape index (κ1) is 13.5. The fraction of sp³-hybridized carbons (Fsp3) is 0.308. The highest BCUT2D eigenvalue weighted by atomic mass is 32.1. The van der Waals surface area contributed by atoms with E-state index in [0.717, 1.165) is 16.9 Å². The predicted octanol–water partition coefficient (Wildman–Crippen LogP) is 1.00. The van der Waals surface area contributed by atoms with Gasteiger partial charge in [0, 0.05) is 20.0 Å². The van der Waals surface area contributed by atoms with E-state index in [1.807, 2.05) is 28.8 Å². The van der Waals surface area contributed by atoms with Crippen LogP contribution in [0.15, 0.2) is 24.3 Å². The molecule has 0 unspecified atom stereocenters. The van der Waals surface area contributed by atoms with E-state index >= 15 is 0 Å². The van der Waals surface area contributed by atoms with Crippen molar-refractivity contribution in [3.8, 4) is 0 Å². The average molecular weight is 276 g/mol. The Kier molecular flexibility index (Phi) is 4.11. The molecular formula is C13H16N4OS. The zero-order valence-electron chi connectivity index (χ0n) is 10.7. The molecule has 3 N–H and O–H groups in total. The smallest absolute Gasteiger partial charge is 0.221 e. The summed E-state index contributed by atoms with van der Waals surface area (Å²) in [7, 11) is 1.63. The summed E-state index contributed by atoms with van der Waals surface area (Å²) in [5.74, 6) is 0.802. The number of fused-ring (bicyclic) bond motifs is 1. The van der Waals surface area contributed by atoms with Crippen LogP contribution >= 0.6 is 12.2 Å². The lowest BCUT2D eigenvalue weighted by atomic mass is 10.3. The van der Waals surface area contributed by atoms with Crippen LogP contribution in [0.3, 0.4) is 0 Å². The van der Waals surface area contributed by atoms with Crippen LogP contribution in [0.4, 0.5) is 0 Å². The lowest BCUT2D eigenvalue weighted by Crippen LogP contribution is -2.21. The first-order valence-electron chi connectivity index (χ1n) is 6.05. The Bertz CT molecular complexity index is 620. The Hall–Kier alpha value is -1.95. The van der Waals surface area contributed by atoms with Crippen molar-refractivity contribution >= 4 is 34.1 Å². The largest absolute Gasteiger partial charge is 0.393 e. The number of carbonyl (C=O) groups excluding carboxylic acids is 1. The molecule has 0 saturated carbocycles. The molecule has 1 aromatic heterocycles. The van der Waals surface area contributed by atoms with Gasteiger partial charge in [-0.1, -0.05) is 24.4 Å². The van der Waals surface area contributed by atoms with E-state index in [9.17, 15) is 4.79 Å². The molecule has 0 saturated heterocycles. The number of benzene rings is 1. The van der Waals surface area contributed by atoms with Crippen molar-refractivity contribution in [1.29, 1.82) is 0 Å². The van der Waals surface area contributed by atoms with Gasteiger partial charge in [0.15, 0.2) is 0 Å². The van der Waals surface area contributed by atoms with Crippen LogP contribution in [-0.2, 0) is 17.8 Å². The minimum absolute atomic E-state index is 0.000874. The Morgan fingerprint density at radius 1 is 1.47 bits per heavy atom. The molecule has 100 valence electrons. The van der Waals surface area contributed by atoms with Crippen molar-refractivity contribution in [2.24, 2.45) is 5.73 Å². The van der Waals surface area contributed by atoms with Crippen molar-refractivity contribution in [3.05, 3.63) is 30.1 Å². The maximum absolute atomic E-state index is 11.4. The molecule has 2 aromatic rings. The standard InChI is InChI=1S/C13H16N4OS/c1-15-13(18)6-7-17-10-5-3-2-4-9(10)16-12(17)8-11(14)19/h2-5H,6-8H2,1H3,(H2,14,19)(H,15,18). The number of aromatic nitrogens is 2. The maximum atomic E-state index is 11.4. The van der Waals surface area contributed by atoms with Gasteiger partial charge in [-0.2, -0.15) is 0 Å². The lowest BCUT2D eigenvalue weighted by Gasteiger charge is -2.08. The highest BCUT2D eigenvalue weighted by Crippen LogP contribution is 2.17. The minimum Gasteiger partial charge on any atom is -0.393 e. The molecule has 0 bridgehead atoms. The molecule has 0 aliphatic heterocycles. The normalized spacial score (nSPS) is 10.6. The zero-order valence-corrected chi connectivity index (χ0v) is 11.5. The van der Waals surface area contributed by atoms with Crippen molar-refractivity contribution in [2.75, 3.05) is 7.05 Å². The zero-order chi connectivity index (χ0) is 13.8. The maximum Gasteiger partial charge on any atom is 0.221 e. The molecule has 0 aliphatic carbocycles. The van der Waals surface area contributed by atoms with Crippen molar-refractivity contribution in [1.82, 2.24) is 14.9 Å². The SMILES string of the molecule is CNC(=O)CCn1c(CC(N)=S)nc2ccccc21. The number of amides is 1. The fourth-order valence-corrected chi connectivity index (χ4v) is 2.13. The van der Waals surface area contributed by atoms with Crippen LogP contribution in [0.25, 0.3) is 11.0 Å². The van der Waals surface area contributed by atoms with Gasteiger partial charge in [0.25, 0.3) is 0 Å². The summed E-state index contributed by atoms with van der Waals surface area (Å²) in [5, 5.41) is 2.61. The highest BCUT2D eigenvalue weighted by molar-refractivity contribution is 7.80. The van der Waals surface area contributed by atoms with Crippen molar-refractivity contribution in [3.63, 3.8) is 0 Å². The first-order chi connectivity index (χ1) is 9.11. The second-order valence-corrected chi connectivity index (χ2v) is 4.76. The number of hydrogen-bond donors (Lipinski definition) is 2. The Balaban J connectivity index is 2.36. The topological polar surface area (TPSA) is 72.9 Å². The third kappa shape index (κ3) is 3.08. The van der Waals surface area contributed by atoms with Gasteiger partial charge < -0.3 is 15.6 Å². The molecule has 5 nitrogen and oxygen atoms in total. The number of carbonyl (C=O) groups is 1. The molecule has 2 rings (SSSR count). The number of aryl methyl sites for hydroxylation is 1. The number of rotatable bonds is 5. The highest BCUT2D eigenvalue weighted by Gasteiger charge is 2.12. The average Bonchev–Trinajstić information content (AvgIpc) is 2.72. The van der Waals surface area contributed by atoms with Crippen LogP contribution in [0.1, 0.15) is 12.2 Å². The Morgan fingerprint density at radius 3 is 2.89 bits per heavy atom. The summed E-state index contributed by atoms with van der Waals surface area (Å²) in [6.07, 6.45) is 0.846. The summed E-state index contributed by atoms with van der Waals surface area (Å²) in [4.78, 5) is 16.3. The monoisotopic (exact) mass is 276 g/mol. The number of nitrogens with zero attached hydrogens (tertiary/aromatic N) is 2. The first-order valence-corrected chi connectivity index (χ1v) is 6.45. The van der Waals surface area contributed by atoms with Gasteiger partial charge in [-0.05, 0) is 12.1 Å². The van der Waals surface area contributed by atoms with Gasteiger partial charge in [-0.25, -0.2) is 4.98 Å². The quantitative estimate of drug-likeness (QED) is 0.799. The molecule has 0 atom stereocenters. The van der Waals surface area contributed by atoms with Crippen LogP contribution in [-0.4, -0.2) is 27.5 Å². The third-order valence-electron chi connectivity index (χ3n) is 2.91. The van der Waals surface area contributed by atoms with Crippen molar-refractivity contribution < 1.29 is 4.79 Å². The van der Waals surface area contributed by atoms with Gasteiger partial charge >= 0.3 is 0 Å². The molecule has 0 fully saturated rings. The molecular weight excluding hydrogens is 260 g/mol. The predicted molar refractivity (Wildman–Crippen MR) is 78.9 cm³/mol. The lowest BCUT2D eigenvalue weighted by molar-refractivity contribution is -0.120. The van der Waals surface area contributed by atoms with Gasteiger partial charge in [0.2, 0.25) is 5.91 Å². The molecule has 1 amide bonds. The summed E-state index contributed by atoms with van der Waals surface area (Å²) >= 11 is 4.95. The summed E-state index contributed by atoms with van der Waals surface area (Å²) in [6.45, 7) is 0.568. The van der Waals surface area contributed by atoms with Crippen molar-refractivity contribution in [2.45, 2.75) is 19.4 Å². The summed E-state index contributed by atoms with van der Waals surface area (Å²) in [6, 6.07) is 7.80. The van der Waals surface area contributed by atoms with E-state index in [4.69, 9.17) is 18.0 Å². The number of para-hydroxylation sites is 2. The summed E-state index contributed by atoms with van der Waals surface area (Å²) < 4.78 is 2.00. The number of imidazole rings is 1. The molecule has 1 heterocycles. The minimum atomic E-state index is -0.000874. The van der Waals surface area contributed by atoms with Gasteiger partial charge in [0.05, 0.1) is 22.4 Å². The van der Waals surface area contributed by atoms with E-state index in [1.54, 1.807) is 7.05 Å². The van der Waals surface area contributed by atoms with Gasteiger partial charge in [-0.15, -0.1) is 0 Å². The molecule has 1 aromatic carbocycles. The second kappa shape index (κ2) is 5.79. The molecule has 0 radical (unpaired) electrons. The van der Waals surface area contributed by atoms with E-state index in [1.165, 1.54) is 0 Å².